The molecule has 0 aliphatic carbocycles. The van der Waals surface area contributed by atoms with Crippen LogP contribution in [0.25, 0.3) is 0 Å². The molecule has 0 radical (unpaired) electrons. The first kappa shape index (κ1) is 23.1. The average Bonchev–Trinajstić information content (AvgIpc) is 3.12. The number of aromatic nitrogens is 1. The van der Waals surface area contributed by atoms with Crippen molar-refractivity contribution in [3.63, 3.8) is 0 Å². The van der Waals surface area contributed by atoms with Crippen molar-refractivity contribution in [2.45, 2.75) is 19.8 Å². The molecule has 2 aromatic rings. The van der Waals surface area contributed by atoms with Crippen molar-refractivity contribution >= 4 is 50.9 Å². The van der Waals surface area contributed by atoms with Gasteiger partial charge in [0, 0.05) is 24.2 Å². The third-order valence-corrected chi connectivity index (χ3v) is 4.34. The Bertz CT molecular complexity index is 696. The molecule has 0 bridgehead atoms. The second-order valence-electron chi connectivity index (χ2n) is 4.52. The number of carbonyl (C=O) groups excluding carboxylic acids is 1. The second kappa shape index (κ2) is 12.5. The summed E-state index contributed by atoms with van der Waals surface area (Å²) in [4.78, 5) is 34.2. The monoisotopic (exact) mass is 403 g/mol. The highest BCUT2D eigenvalue weighted by atomic mass is 32.1. The van der Waals surface area contributed by atoms with Crippen molar-refractivity contribution in [1.29, 1.82) is 0 Å². The molecule has 0 spiro atoms. The Hall–Kier alpha value is -2.86. The number of thiophene rings is 1. The minimum Gasteiger partial charge on any atom is -0.465 e. The molecular formula is C14H21N5O5S2. The molecule has 2 aromatic heterocycles. The van der Waals surface area contributed by atoms with E-state index in [2.05, 4.69) is 39.2 Å². The number of nitrogens with one attached hydrogen (secondary N) is 2. The molecule has 2 heterocycles. The molecule has 0 aliphatic heterocycles. The van der Waals surface area contributed by atoms with E-state index in [1.807, 2.05) is 12.4 Å². The average molecular weight is 403 g/mol. The van der Waals surface area contributed by atoms with Gasteiger partial charge in [0.15, 0.2) is 5.13 Å². The Morgan fingerprint density at radius 3 is 2.19 bits per heavy atom. The summed E-state index contributed by atoms with van der Waals surface area (Å²) in [6.07, 6.45) is -0.782. The predicted molar refractivity (Wildman–Crippen MR) is 102 cm³/mol. The van der Waals surface area contributed by atoms with E-state index in [0.717, 1.165) is 18.5 Å². The van der Waals surface area contributed by atoms with E-state index in [4.69, 9.17) is 19.8 Å². The smallest absolute Gasteiger partial charge is 0.402 e. The van der Waals surface area contributed by atoms with E-state index in [1.165, 1.54) is 28.1 Å². The number of amides is 3. The highest BCUT2D eigenvalue weighted by molar-refractivity contribution is 7.16. The molecule has 3 amide bonds. The normalized spacial score (nSPS) is 9.00. The number of rotatable bonds is 5. The van der Waals surface area contributed by atoms with Crippen LogP contribution >= 0.6 is 22.7 Å². The zero-order chi connectivity index (χ0) is 20.1. The lowest BCUT2D eigenvalue weighted by Gasteiger charge is -1.96. The summed E-state index contributed by atoms with van der Waals surface area (Å²) in [6.45, 7) is 1.49. The summed E-state index contributed by atoms with van der Waals surface area (Å²) in [6, 6.07) is 4.22. The number of anilines is 2. The first-order chi connectivity index (χ1) is 12.1. The second-order valence-corrected chi connectivity index (χ2v) is 6.54. The number of nitrogens with zero attached hydrogens (tertiary/aromatic N) is 1. The number of carbonyl (C=O) groups is 3. The lowest BCUT2D eigenvalue weighted by atomic mass is 10.2. The third-order valence-electron chi connectivity index (χ3n) is 2.37. The molecular weight excluding hydrogens is 382 g/mol. The predicted octanol–water partition coefficient (Wildman–Crippen LogP) is 2.24. The molecule has 0 atom stereocenters. The minimum atomic E-state index is -1.33. The van der Waals surface area contributed by atoms with E-state index >= 15 is 0 Å². The van der Waals surface area contributed by atoms with Crippen LogP contribution in [0.1, 0.15) is 17.5 Å². The van der Waals surface area contributed by atoms with Gasteiger partial charge >= 0.3 is 12.2 Å². The van der Waals surface area contributed by atoms with Crippen LogP contribution in [0.5, 0.6) is 0 Å². The fourth-order valence-electron chi connectivity index (χ4n) is 1.53. The lowest BCUT2D eigenvalue weighted by molar-refractivity contribution is -0.114. The maximum atomic E-state index is 10.9. The summed E-state index contributed by atoms with van der Waals surface area (Å²) < 4.78 is 0. The zero-order valence-corrected chi connectivity index (χ0v) is 15.8. The van der Waals surface area contributed by atoms with Gasteiger partial charge in [-0.25, -0.2) is 14.6 Å². The van der Waals surface area contributed by atoms with Crippen molar-refractivity contribution in [2.75, 3.05) is 17.7 Å². The van der Waals surface area contributed by atoms with E-state index in [-0.39, 0.29) is 5.91 Å². The van der Waals surface area contributed by atoms with Crippen molar-refractivity contribution in [2.24, 2.45) is 11.5 Å². The summed E-state index contributed by atoms with van der Waals surface area (Å²) in [5.74, 6) is -0.0761. The van der Waals surface area contributed by atoms with E-state index in [0.29, 0.717) is 5.13 Å². The molecule has 2 rings (SSSR count). The molecule has 0 aromatic carbocycles. The summed E-state index contributed by atoms with van der Waals surface area (Å²) >= 11 is 3.24. The van der Waals surface area contributed by atoms with Crippen LogP contribution in [0.4, 0.5) is 19.7 Å². The minimum absolute atomic E-state index is 0.0761. The van der Waals surface area contributed by atoms with Crippen LogP contribution in [0.3, 0.4) is 0 Å². The Morgan fingerprint density at radius 2 is 1.73 bits per heavy atom. The SMILES string of the molecule is CNc1ccc(CCc2csc(NC(C)=O)n2)s1.NC(=O)O.NC(=O)O. The first-order valence-corrected chi connectivity index (χ1v) is 8.78. The third kappa shape index (κ3) is 12.5. The number of carboxylic acid groups (broad SMARTS) is 2. The first-order valence-electron chi connectivity index (χ1n) is 7.09. The maximum Gasteiger partial charge on any atom is 0.402 e. The van der Waals surface area contributed by atoms with Crippen molar-refractivity contribution in [3.05, 3.63) is 28.1 Å². The zero-order valence-electron chi connectivity index (χ0n) is 14.2. The maximum absolute atomic E-state index is 10.9. The summed E-state index contributed by atoms with van der Waals surface area (Å²) in [5.41, 5.74) is 9.09. The van der Waals surface area contributed by atoms with Gasteiger partial charge in [-0.2, -0.15) is 0 Å². The largest absolute Gasteiger partial charge is 0.465 e. The van der Waals surface area contributed by atoms with Crippen molar-refractivity contribution in [3.8, 4) is 0 Å². The Balaban J connectivity index is 0.000000662. The van der Waals surface area contributed by atoms with Crippen LogP contribution < -0.4 is 22.1 Å². The molecule has 10 nitrogen and oxygen atoms in total. The molecule has 26 heavy (non-hydrogen) atoms. The molecule has 144 valence electrons. The molecule has 0 unspecified atom stereocenters. The Morgan fingerprint density at radius 1 is 1.15 bits per heavy atom. The molecule has 8 N–H and O–H groups in total. The van der Waals surface area contributed by atoms with Gasteiger partial charge in [0.05, 0.1) is 10.7 Å². The number of aryl methyl sites for hydroxylation is 2. The number of hydrogen-bond donors (Lipinski definition) is 6. The van der Waals surface area contributed by atoms with Crippen LogP contribution in [-0.4, -0.2) is 40.3 Å². The summed E-state index contributed by atoms with van der Waals surface area (Å²) in [5, 5.41) is 24.1. The quantitative estimate of drug-likeness (QED) is 0.442. The number of primary amides is 2. The number of thiazole rings is 1. The number of nitrogens with two attached hydrogens (primary N) is 2. The van der Waals surface area contributed by atoms with Crippen LogP contribution in [0, 0.1) is 0 Å². The standard InChI is InChI=1S/C12H15N3OS2.2CH3NO2/c1-8(16)14-12-15-9(7-17-12)3-4-10-5-6-11(13-2)18-10;2*2-1(3)4/h5-7,13H,3-4H2,1-2H3,(H,14,15,16);2*2H2,(H,3,4). The Labute approximate surface area is 157 Å². The molecule has 0 fully saturated rings. The van der Waals surface area contributed by atoms with E-state index < -0.39 is 12.2 Å². The fraction of sp³-hybridized carbons (Fsp3) is 0.286. The van der Waals surface area contributed by atoms with Crippen molar-refractivity contribution in [1.82, 2.24) is 4.98 Å². The fourth-order valence-corrected chi connectivity index (χ4v) is 3.18. The molecule has 0 saturated carbocycles. The van der Waals surface area contributed by atoms with Crippen LogP contribution in [0.15, 0.2) is 17.5 Å². The number of hydrogen-bond acceptors (Lipinski definition) is 7. The van der Waals surface area contributed by atoms with Gasteiger partial charge in [0.2, 0.25) is 5.91 Å². The van der Waals surface area contributed by atoms with Gasteiger partial charge in [0.25, 0.3) is 0 Å². The van der Waals surface area contributed by atoms with Gasteiger partial charge in [-0.15, -0.1) is 22.7 Å². The van der Waals surface area contributed by atoms with E-state index in [9.17, 15) is 4.79 Å². The molecule has 0 aliphatic rings. The highest BCUT2D eigenvalue weighted by Crippen LogP contribution is 2.23. The summed E-state index contributed by atoms with van der Waals surface area (Å²) in [7, 11) is 1.93. The van der Waals surface area contributed by atoms with E-state index in [1.54, 1.807) is 11.3 Å². The van der Waals surface area contributed by atoms with Crippen LogP contribution in [-0.2, 0) is 17.6 Å². The molecule has 12 heteroatoms. The highest BCUT2D eigenvalue weighted by Gasteiger charge is 2.05. The van der Waals surface area contributed by atoms with Crippen molar-refractivity contribution < 1.29 is 24.6 Å². The lowest BCUT2D eigenvalue weighted by Crippen LogP contribution is -2.05. The van der Waals surface area contributed by atoms with Gasteiger partial charge in [-0.3, -0.25) is 4.79 Å². The van der Waals surface area contributed by atoms with Gasteiger partial charge in [-0.1, -0.05) is 0 Å². The Kier molecular flexibility index (Phi) is 11.1. The van der Waals surface area contributed by atoms with Crippen LogP contribution in [0.2, 0.25) is 0 Å². The van der Waals surface area contributed by atoms with Gasteiger partial charge in [-0.05, 0) is 25.0 Å². The topological polar surface area (TPSA) is 181 Å². The molecule has 0 saturated heterocycles. The van der Waals surface area contributed by atoms with Gasteiger partial charge in [0.1, 0.15) is 0 Å². The van der Waals surface area contributed by atoms with Gasteiger partial charge < -0.3 is 32.3 Å².